The fraction of sp³-hybridized carbons (Fsp3) is 1.00. The van der Waals surface area contributed by atoms with Gasteiger partial charge in [0.2, 0.25) is 0 Å². The van der Waals surface area contributed by atoms with Crippen LogP contribution in [0, 0.1) is 23.2 Å². The van der Waals surface area contributed by atoms with Gasteiger partial charge < -0.3 is 13.9 Å². The number of rotatable bonds is 10. The zero-order valence-electron chi connectivity index (χ0n) is 21.9. The van der Waals surface area contributed by atoms with Crippen molar-refractivity contribution in [3.8, 4) is 0 Å². The molecule has 0 aliphatic heterocycles. The zero-order chi connectivity index (χ0) is 22.8. The smallest absolute Gasteiger partial charge is 0.192 e. The molecule has 2 aliphatic carbocycles. The predicted molar refractivity (Wildman–Crippen MR) is 130 cm³/mol. The minimum atomic E-state index is -1.71. The minimum absolute atomic E-state index is 0.0925. The normalized spacial score (nSPS) is 31.6. The van der Waals surface area contributed by atoms with E-state index >= 15 is 0 Å². The molecule has 0 radical (unpaired) electrons. The summed E-state index contributed by atoms with van der Waals surface area (Å²) >= 11 is 0. The van der Waals surface area contributed by atoms with Gasteiger partial charge in [0.1, 0.15) is 6.79 Å². The first-order chi connectivity index (χ1) is 13.7. The Morgan fingerprint density at radius 2 is 1.73 bits per heavy atom. The van der Waals surface area contributed by atoms with Gasteiger partial charge in [-0.2, -0.15) is 0 Å². The number of fused-ring (bicyclic) bond motifs is 1. The van der Waals surface area contributed by atoms with Crippen LogP contribution in [0.1, 0.15) is 99.8 Å². The summed E-state index contributed by atoms with van der Waals surface area (Å²) < 4.78 is 18.0. The third-order valence-corrected chi connectivity index (χ3v) is 13.6. The van der Waals surface area contributed by atoms with E-state index in [9.17, 15) is 0 Å². The monoisotopic (exact) mass is 440 g/mol. The van der Waals surface area contributed by atoms with Crippen molar-refractivity contribution < 1.29 is 13.9 Å². The molecule has 178 valence electrons. The van der Waals surface area contributed by atoms with Gasteiger partial charge >= 0.3 is 0 Å². The topological polar surface area (TPSA) is 27.7 Å². The number of ether oxygens (including phenoxy) is 2. The van der Waals surface area contributed by atoms with E-state index in [4.69, 9.17) is 13.9 Å². The van der Waals surface area contributed by atoms with Crippen LogP contribution in [0.25, 0.3) is 0 Å². The second kappa shape index (κ2) is 9.93. The first kappa shape index (κ1) is 26.4. The third-order valence-electron chi connectivity index (χ3n) is 9.08. The van der Waals surface area contributed by atoms with Crippen LogP contribution in [0.15, 0.2) is 0 Å². The van der Waals surface area contributed by atoms with Crippen molar-refractivity contribution in [3.05, 3.63) is 0 Å². The van der Waals surface area contributed by atoms with Gasteiger partial charge in [0.25, 0.3) is 0 Å². The van der Waals surface area contributed by atoms with Crippen LogP contribution < -0.4 is 0 Å². The molecule has 0 spiro atoms. The molecule has 2 fully saturated rings. The lowest BCUT2D eigenvalue weighted by Gasteiger charge is -2.50. The van der Waals surface area contributed by atoms with Crippen LogP contribution in [-0.4, -0.2) is 33.9 Å². The van der Waals surface area contributed by atoms with E-state index in [2.05, 4.69) is 61.6 Å². The van der Waals surface area contributed by atoms with Crippen molar-refractivity contribution in [1.29, 1.82) is 0 Å². The molecular formula is C26H52O3Si. The Hall–Kier alpha value is 0.0969. The zero-order valence-corrected chi connectivity index (χ0v) is 22.9. The van der Waals surface area contributed by atoms with Gasteiger partial charge in [-0.3, -0.25) is 0 Å². The van der Waals surface area contributed by atoms with Crippen LogP contribution >= 0.6 is 0 Å². The molecular weight excluding hydrogens is 388 g/mol. The molecule has 5 atom stereocenters. The maximum atomic E-state index is 7.02. The molecule has 0 aromatic heterocycles. The van der Waals surface area contributed by atoms with E-state index in [1.807, 2.05) is 0 Å². The summed E-state index contributed by atoms with van der Waals surface area (Å²) in [6.45, 7) is 21.9. The van der Waals surface area contributed by atoms with Crippen molar-refractivity contribution in [1.82, 2.24) is 0 Å². The Bertz CT molecular complexity index is 539. The molecule has 0 aromatic rings. The lowest BCUT2D eigenvalue weighted by Crippen LogP contribution is -2.50. The van der Waals surface area contributed by atoms with E-state index in [1.165, 1.54) is 44.9 Å². The molecule has 0 heterocycles. The van der Waals surface area contributed by atoms with Gasteiger partial charge in [-0.25, -0.2) is 0 Å². The summed E-state index contributed by atoms with van der Waals surface area (Å²) in [5, 5.41) is 0.295. The molecule has 2 aliphatic rings. The molecule has 0 bridgehead atoms. The average Bonchev–Trinajstić information content (AvgIpc) is 2.96. The fourth-order valence-corrected chi connectivity index (χ4v) is 7.53. The Balaban J connectivity index is 1.97. The Morgan fingerprint density at radius 3 is 2.33 bits per heavy atom. The van der Waals surface area contributed by atoms with E-state index in [-0.39, 0.29) is 5.60 Å². The van der Waals surface area contributed by atoms with Crippen LogP contribution in [0.3, 0.4) is 0 Å². The third kappa shape index (κ3) is 6.11. The van der Waals surface area contributed by atoms with Crippen LogP contribution in [0.5, 0.6) is 0 Å². The van der Waals surface area contributed by atoms with Crippen LogP contribution in [-0.2, 0) is 13.9 Å². The SMILES string of the molecule is COCOC(C)(C)CCC[C@@H](C)[C@H]1CC[C@H]2[C@@H](O[Si](C)(C)C(C)(C)C)CCC[C@]12C. The summed E-state index contributed by atoms with van der Waals surface area (Å²) in [5.41, 5.74) is 0.373. The van der Waals surface area contributed by atoms with Crippen LogP contribution in [0.4, 0.5) is 0 Å². The number of hydrogen-bond acceptors (Lipinski definition) is 3. The van der Waals surface area contributed by atoms with Crippen molar-refractivity contribution in [2.75, 3.05) is 13.9 Å². The fourth-order valence-electron chi connectivity index (χ4n) is 6.13. The van der Waals surface area contributed by atoms with E-state index in [0.29, 0.717) is 23.4 Å². The first-order valence-electron chi connectivity index (χ1n) is 12.5. The maximum Gasteiger partial charge on any atom is 0.192 e. The van der Waals surface area contributed by atoms with Gasteiger partial charge in [0, 0.05) is 13.2 Å². The molecule has 30 heavy (non-hydrogen) atoms. The van der Waals surface area contributed by atoms with E-state index < -0.39 is 8.32 Å². The average molecular weight is 441 g/mol. The lowest BCUT2D eigenvalue weighted by molar-refractivity contribution is -0.118. The highest BCUT2D eigenvalue weighted by Crippen LogP contribution is 2.59. The Kier molecular flexibility index (Phi) is 8.72. The van der Waals surface area contributed by atoms with Gasteiger partial charge in [-0.1, -0.05) is 53.9 Å². The summed E-state index contributed by atoms with van der Waals surface area (Å²) in [6.07, 6.45) is 10.9. The highest BCUT2D eigenvalue weighted by molar-refractivity contribution is 6.74. The van der Waals surface area contributed by atoms with Crippen molar-refractivity contribution >= 4 is 8.32 Å². The highest BCUT2D eigenvalue weighted by Gasteiger charge is 2.54. The van der Waals surface area contributed by atoms with E-state index in [0.717, 1.165) is 24.2 Å². The van der Waals surface area contributed by atoms with Gasteiger partial charge in [-0.15, -0.1) is 0 Å². The summed E-state index contributed by atoms with van der Waals surface area (Å²) in [4.78, 5) is 0. The molecule has 0 unspecified atom stereocenters. The highest BCUT2D eigenvalue weighted by atomic mass is 28.4. The molecule has 2 rings (SSSR count). The first-order valence-corrected chi connectivity index (χ1v) is 15.4. The molecule has 0 aromatic carbocycles. The summed E-state index contributed by atoms with van der Waals surface area (Å²) in [5.74, 6) is 2.38. The molecule has 0 amide bonds. The van der Waals surface area contributed by atoms with E-state index in [1.54, 1.807) is 7.11 Å². The number of methoxy groups -OCH3 is 1. The molecule has 4 heteroatoms. The van der Waals surface area contributed by atoms with Crippen molar-refractivity contribution in [2.24, 2.45) is 23.2 Å². The largest absolute Gasteiger partial charge is 0.414 e. The molecule has 0 N–H and O–H groups in total. The standard InChI is InChI=1S/C26H52O3Si/c1-20(13-11-17-25(5,6)28-19-27-8)21-15-16-22-23(14-12-18-26(21,22)7)29-30(9,10)24(2,3)4/h20-23H,11-19H2,1-10H3/t20-,21-,22+,23+,26-/m1/s1. The maximum absolute atomic E-state index is 7.02. The predicted octanol–water partition coefficient (Wildman–Crippen LogP) is 7.80. The quantitative estimate of drug-likeness (QED) is 0.256. The summed E-state index contributed by atoms with van der Waals surface area (Å²) in [6, 6.07) is 0. The van der Waals surface area contributed by atoms with Gasteiger partial charge in [-0.05, 0) is 87.3 Å². The molecule has 0 saturated heterocycles. The second-order valence-electron chi connectivity index (χ2n) is 12.8. The minimum Gasteiger partial charge on any atom is -0.414 e. The summed E-state index contributed by atoms with van der Waals surface area (Å²) in [7, 11) is -0.0156. The van der Waals surface area contributed by atoms with Gasteiger partial charge in [0.15, 0.2) is 8.32 Å². The van der Waals surface area contributed by atoms with Crippen molar-refractivity contribution in [2.45, 2.75) is 130 Å². The molecule has 3 nitrogen and oxygen atoms in total. The Morgan fingerprint density at radius 1 is 1.07 bits per heavy atom. The Labute approximate surface area is 189 Å². The van der Waals surface area contributed by atoms with Crippen LogP contribution in [0.2, 0.25) is 18.1 Å². The van der Waals surface area contributed by atoms with Gasteiger partial charge in [0.05, 0.1) is 5.60 Å². The van der Waals surface area contributed by atoms with Crippen molar-refractivity contribution in [3.63, 3.8) is 0 Å². The molecule has 2 saturated carbocycles. The lowest BCUT2D eigenvalue weighted by atomic mass is 9.61. The number of hydrogen-bond donors (Lipinski definition) is 0. The second-order valence-corrected chi connectivity index (χ2v) is 17.5.